The van der Waals surface area contributed by atoms with Crippen LogP contribution in [-0.4, -0.2) is 30.1 Å². The van der Waals surface area contributed by atoms with Crippen molar-refractivity contribution in [2.75, 3.05) is 18.1 Å². The van der Waals surface area contributed by atoms with Crippen molar-refractivity contribution in [2.24, 2.45) is 5.92 Å². The van der Waals surface area contributed by atoms with Crippen molar-refractivity contribution in [3.05, 3.63) is 56.5 Å². The second kappa shape index (κ2) is 9.50. The summed E-state index contributed by atoms with van der Waals surface area (Å²) in [6, 6.07) is 7.37. The van der Waals surface area contributed by atoms with E-state index >= 15 is 0 Å². The Bertz CT molecular complexity index is 876. The summed E-state index contributed by atoms with van der Waals surface area (Å²) < 4.78 is 5.68. The van der Waals surface area contributed by atoms with Crippen LogP contribution in [0, 0.1) is 5.92 Å². The molecule has 0 aliphatic rings. The Hall–Kier alpha value is -1.95. The lowest BCUT2D eigenvalue weighted by atomic mass is 10.1. The lowest BCUT2D eigenvalue weighted by Gasteiger charge is -2.24. The predicted octanol–water partition coefficient (Wildman–Crippen LogP) is 6.05. The van der Waals surface area contributed by atoms with Crippen LogP contribution < -0.4 is 9.64 Å². The molecule has 0 radical (unpaired) electrons. The van der Waals surface area contributed by atoms with Crippen LogP contribution in [0.25, 0.3) is 0 Å². The second-order valence-corrected chi connectivity index (χ2v) is 7.71. The van der Waals surface area contributed by atoms with E-state index in [9.17, 15) is 9.59 Å². The molecule has 2 aromatic rings. The van der Waals surface area contributed by atoms with Gasteiger partial charge in [-0.05, 0) is 43.2 Å². The number of aromatic carboxylic acids is 1. The van der Waals surface area contributed by atoms with Gasteiger partial charge in [0.15, 0.2) is 0 Å². The molecule has 0 aliphatic heterocycles. The molecule has 1 N–H and O–H groups in total. The third-order valence-corrected chi connectivity index (χ3v) is 4.75. The van der Waals surface area contributed by atoms with Crippen LogP contribution in [0.2, 0.25) is 15.1 Å². The number of ether oxygens (including phenoxy) is 1. The van der Waals surface area contributed by atoms with Gasteiger partial charge in [0.25, 0.3) is 5.91 Å². The average Bonchev–Trinajstić information content (AvgIpc) is 2.63. The van der Waals surface area contributed by atoms with Gasteiger partial charge in [0.1, 0.15) is 5.75 Å². The van der Waals surface area contributed by atoms with Crippen LogP contribution in [0.1, 0.15) is 41.5 Å². The molecule has 1 amide bonds. The fraction of sp³-hybridized carbons (Fsp3) is 0.300. The lowest BCUT2D eigenvalue weighted by Crippen LogP contribution is -2.31. The number of rotatable bonds is 7. The van der Waals surface area contributed by atoms with Crippen LogP contribution in [0.4, 0.5) is 5.69 Å². The van der Waals surface area contributed by atoms with Crippen molar-refractivity contribution < 1.29 is 19.4 Å². The normalized spacial score (nSPS) is 10.8. The van der Waals surface area contributed by atoms with E-state index in [1.807, 2.05) is 13.8 Å². The Balaban J connectivity index is 2.44. The third kappa shape index (κ3) is 5.10. The van der Waals surface area contributed by atoms with Crippen molar-refractivity contribution >= 4 is 52.4 Å². The highest BCUT2D eigenvalue weighted by Gasteiger charge is 2.25. The number of benzene rings is 2. The molecule has 0 saturated carbocycles. The van der Waals surface area contributed by atoms with E-state index in [-0.39, 0.29) is 38.4 Å². The number of amides is 1. The van der Waals surface area contributed by atoms with E-state index in [4.69, 9.17) is 44.6 Å². The molecular formula is C20H20Cl3NO4. The maximum absolute atomic E-state index is 13.2. The first-order valence-corrected chi connectivity index (χ1v) is 9.75. The second-order valence-electron chi connectivity index (χ2n) is 6.49. The van der Waals surface area contributed by atoms with Gasteiger partial charge in [-0.2, -0.15) is 0 Å². The fourth-order valence-electron chi connectivity index (χ4n) is 2.52. The van der Waals surface area contributed by atoms with Gasteiger partial charge in [-0.3, -0.25) is 4.79 Å². The Morgan fingerprint density at radius 3 is 2.18 bits per heavy atom. The molecule has 5 nitrogen and oxygen atoms in total. The zero-order valence-electron chi connectivity index (χ0n) is 15.6. The standard InChI is InChI=1S/C20H20Cl3NO4/c1-4-24(18-16(22)7-12(20(26)27)8-17(18)23)19(25)14-9-13(5-6-15(14)21)28-10-11(2)3/h5-9,11H,4,10H2,1-3H3,(H,26,27). The topological polar surface area (TPSA) is 66.8 Å². The first kappa shape index (κ1) is 22.3. The summed E-state index contributed by atoms with van der Waals surface area (Å²) in [5.41, 5.74) is 0.397. The largest absolute Gasteiger partial charge is 0.493 e. The minimum atomic E-state index is -1.16. The number of anilines is 1. The first-order chi connectivity index (χ1) is 13.1. The molecule has 0 spiro atoms. The number of carboxylic acid groups (broad SMARTS) is 1. The average molecular weight is 445 g/mol. The molecule has 0 unspecified atom stereocenters. The number of carbonyl (C=O) groups is 2. The van der Waals surface area contributed by atoms with Gasteiger partial charge >= 0.3 is 5.97 Å². The van der Waals surface area contributed by atoms with E-state index in [0.29, 0.717) is 18.3 Å². The summed E-state index contributed by atoms with van der Waals surface area (Å²) in [6.07, 6.45) is 0. The minimum Gasteiger partial charge on any atom is -0.493 e. The monoisotopic (exact) mass is 443 g/mol. The molecule has 2 rings (SSSR count). The highest BCUT2D eigenvalue weighted by atomic mass is 35.5. The Kier molecular flexibility index (Phi) is 7.58. The van der Waals surface area contributed by atoms with Crippen molar-refractivity contribution in [2.45, 2.75) is 20.8 Å². The SMILES string of the molecule is CCN(C(=O)c1cc(OCC(C)C)ccc1Cl)c1c(Cl)cc(C(=O)O)cc1Cl. The highest BCUT2D eigenvalue weighted by molar-refractivity contribution is 6.41. The van der Waals surface area contributed by atoms with Gasteiger partial charge in [-0.15, -0.1) is 0 Å². The Labute approximate surface area is 178 Å². The van der Waals surface area contributed by atoms with Crippen LogP contribution in [0.5, 0.6) is 5.75 Å². The van der Waals surface area contributed by atoms with Crippen molar-refractivity contribution in [3.63, 3.8) is 0 Å². The summed E-state index contributed by atoms with van der Waals surface area (Å²) >= 11 is 18.7. The van der Waals surface area contributed by atoms with Gasteiger partial charge in [0.2, 0.25) is 0 Å². The smallest absolute Gasteiger partial charge is 0.335 e. The van der Waals surface area contributed by atoms with Gasteiger partial charge in [-0.1, -0.05) is 48.7 Å². The van der Waals surface area contributed by atoms with E-state index in [0.717, 1.165) is 0 Å². The zero-order chi connectivity index (χ0) is 21.0. The summed E-state index contributed by atoms with van der Waals surface area (Å²) in [5.74, 6) is -0.736. The molecule has 0 aromatic heterocycles. The maximum Gasteiger partial charge on any atom is 0.335 e. The predicted molar refractivity (Wildman–Crippen MR) is 113 cm³/mol. The number of carboxylic acids is 1. The Morgan fingerprint density at radius 1 is 1.07 bits per heavy atom. The van der Waals surface area contributed by atoms with Crippen molar-refractivity contribution in [1.29, 1.82) is 0 Å². The van der Waals surface area contributed by atoms with Gasteiger partial charge in [0, 0.05) is 6.54 Å². The lowest BCUT2D eigenvalue weighted by molar-refractivity contribution is 0.0696. The van der Waals surface area contributed by atoms with E-state index in [1.54, 1.807) is 25.1 Å². The molecule has 0 aliphatic carbocycles. The summed E-state index contributed by atoms with van der Waals surface area (Å²) in [5, 5.41) is 9.51. The van der Waals surface area contributed by atoms with Crippen LogP contribution in [-0.2, 0) is 0 Å². The van der Waals surface area contributed by atoms with E-state index < -0.39 is 11.9 Å². The van der Waals surface area contributed by atoms with Gasteiger partial charge in [-0.25, -0.2) is 4.79 Å². The van der Waals surface area contributed by atoms with Crippen LogP contribution in [0.3, 0.4) is 0 Å². The summed E-state index contributed by atoms with van der Waals surface area (Å²) in [6.45, 7) is 6.54. The molecule has 0 atom stereocenters. The number of carbonyl (C=O) groups excluding carboxylic acids is 1. The van der Waals surface area contributed by atoms with E-state index in [2.05, 4.69) is 0 Å². The maximum atomic E-state index is 13.2. The van der Waals surface area contributed by atoms with Crippen molar-refractivity contribution in [3.8, 4) is 5.75 Å². The molecule has 0 fully saturated rings. The Morgan fingerprint density at radius 2 is 1.68 bits per heavy atom. The van der Waals surface area contributed by atoms with Crippen LogP contribution >= 0.6 is 34.8 Å². The molecule has 150 valence electrons. The number of hydrogen-bond acceptors (Lipinski definition) is 3. The van der Waals surface area contributed by atoms with Gasteiger partial charge in [0.05, 0.1) is 38.5 Å². The molecular weight excluding hydrogens is 425 g/mol. The molecule has 8 heteroatoms. The quantitative estimate of drug-likeness (QED) is 0.565. The number of hydrogen-bond donors (Lipinski definition) is 1. The third-order valence-electron chi connectivity index (χ3n) is 3.85. The minimum absolute atomic E-state index is 0.0587. The molecule has 2 aromatic carbocycles. The highest BCUT2D eigenvalue weighted by Crippen LogP contribution is 2.37. The molecule has 0 bridgehead atoms. The fourth-order valence-corrected chi connectivity index (χ4v) is 3.41. The number of nitrogens with zero attached hydrogens (tertiary/aromatic N) is 1. The number of halogens is 3. The molecule has 0 saturated heterocycles. The zero-order valence-corrected chi connectivity index (χ0v) is 17.9. The molecule has 0 heterocycles. The summed E-state index contributed by atoms with van der Waals surface area (Å²) in [4.78, 5) is 25.7. The first-order valence-electron chi connectivity index (χ1n) is 8.62. The van der Waals surface area contributed by atoms with Gasteiger partial charge < -0.3 is 14.7 Å². The molecule has 28 heavy (non-hydrogen) atoms. The van der Waals surface area contributed by atoms with Crippen molar-refractivity contribution in [1.82, 2.24) is 0 Å². The van der Waals surface area contributed by atoms with Crippen LogP contribution in [0.15, 0.2) is 30.3 Å². The van der Waals surface area contributed by atoms with E-state index in [1.165, 1.54) is 17.0 Å². The summed E-state index contributed by atoms with van der Waals surface area (Å²) in [7, 11) is 0.